The summed E-state index contributed by atoms with van der Waals surface area (Å²) in [4.78, 5) is 14.2. The molecule has 1 N–H and O–H groups in total. The fourth-order valence-corrected chi connectivity index (χ4v) is 8.89. The Hall–Kier alpha value is -6.59. The van der Waals surface area contributed by atoms with Gasteiger partial charge in [-0.05, 0) is 82.1 Å². The monoisotopic (exact) mass is 727 g/mol. The molecule has 0 amide bonds. The summed E-state index contributed by atoms with van der Waals surface area (Å²) in [7, 11) is 2.16. The van der Waals surface area contributed by atoms with Crippen LogP contribution in [0.3, 0.4) is 0 Å². The summed E-state index contributed by atoms with van der Waals surface area (Å²) in [6.45, 7) is 10.0. The average molecular weight is 728 g/mol. The van der Waals surface area contributed by atoms with E-state index in [2.05, 4.69) is 206 Å². The van der Waals surface area contributed by atoms with Gasteiger partial charge < -0.3 is 14.8 Å². The molecule has 0 bridgehead atoms. The third kappa shape index (κ3) is 5.41. The van der Waals surface area contributed by atoms with Crippen LogP contribution in [0.5, 0.6) is 0 Å². The Morgan fingerprint density at radius 1 is 0.554 bits per heavy atom. The number of nitrogens with one attached hydrogen (secondary N) is 1. The average Bonchev–Trinajstić information content (AvgIpc) is 3.92. The molecule has 0 radical (unpaired) electrons. The number of aromatic nitrogens is 3. The van der Waals surface area contributed by atoms with Crippen molar-refractivity contribution in [3.63, 3.8) is 0 Å². The number of H-pyrrole nitrogens is 1. The van der Waals surface area contributed by atoms with Crippen LogP contribution in [0, 0.1) is 0 Å². The molecular weight excluding hydrogens is 683 g/mol. The molecule has 0 fully saturated rings. The molecule has 274 valence electrons. The molecule has 3 heterocycles. The summed E-state index contributed by atoms with van der Waals surface area (Å²) >= 11 is 0. The Kier molecular flexibility index (Phi) is 8.07. The van der Waals surface area contributed by atoms with Crippen LogP contribution in [0.15, 0.2) is 152 Å². The summed E-state index contributed by atoms with van der Waals surface area (Å²) in [6, 6.07) is 55.1. The minimum atomic E-state index is 0.296. The van der Waals surface area contributed by atoms with E-state index in [4.69, 9.17) is 4.98 Å². The Morgan fingerprint density at radius 3 is 1.89 bits per heavy atom. The van der Waals surface area contributed by atoms with Gasteiger partial charge in [-0.25, -0.2) is 4.98 Å². The van der Waals surface area contributed by atoms with Crippen molar-refractivity contribution in [2.75, 3.05) is 23.5 Å². The van der Waals surface area contributed by atoms with Crippen LogP contribution in [-0.4, -0.2) is 28.3 Å². The fraction of sp³-hybridized carbons (Fsp3) is 0.157. The van der Waals surface area contributed by atoms with Gasteiger partial charge in [0.25, 0.3) is 0 Å². The topological polar surface area (TPSA) is 40.1 Å². The molecule has 5 heteroatoms. The first kappa shape index (κ1) is 33.9. The molecule has 56 heavy (non-hydrogen) atoms. The Bertz CT molecular complexity index is 2890. The van der Waals surface area contributed by atoms with Crippen LogP contribution in [0.25, 0.3) is 72.2 Å². The predicted molar refractivity (Wildman–Crippen MR) is 237 cm³/mol. The van der Waals surface area contributed by atoms with E-state index in [1.807, 2.05) is 0 Å². The molecule has 9 aromatic rings. The molecule has 0 unspecified atom stereocenters. The van der Waals surface area contributed by atoms with E-state index in [0.29, 0.717) is 11.8 Å². The van der Waals surface area contributed by atoms with Crippen molar-refractivity contribution >= 4 is 49.9 Å². The van der Waals surface area contributed by atoms with Crippen molar-refractivity contribution in [2.45, 2.75) is 39.5 Å². The normalized spacial score (nSPS) is 12.9. The SMILES string of the molecule is CC(C)c1cc(-c2ccccc2)cc(C(C)C)c1-c1nc2ccc(-c3cccc4c3[nH]c3c(N5CN(C)c6ccccc65)cccc34)cc2n1-c1ccccc1. The zero-order valence-corrected chi connectivity index (χ0v) is 32.6. The molecule has 1 aliphatic rings. The molecule has 2 aromatic heterocycles. The maximum Gasteiger partial charge on any atom is 0.146 e. The molecule has 10 rings (SSSR count). The van der Waals surface area contributed by atoms with Crippen LogP contribution in [0.4, 0.5) is 17.1 Å². The maximum absolute atomic E-state index is 5.51. The number of benzene rings is 7. The minimum Gasteiger partial charge on any atom is -0.355 e. The lowest BCUT2D eigenvalue weighted by Gasteiger charge is -2.22. The van der Waals surface area contributed by atoms with Crippen molar-refractivity contribution in [2.24, 2.45) is 0 Å². The number of imidazole rings is 1. The van der Waals surface area contributed by atoms with Gasteiger partial charge in [-0.15, -0.1) is 0 Å². The lowest BCUT2D eigenvalue weighted by Crippen LogP contribution is -2.24. The van der Waals surface area contributed by atoms with Gasteiger partial charge in [0.2, 0.25) is 0 Å². The Balaban J connectivity index is 1.18. The van der Waals surface area contributed by atoms with Crippen LogP contribution < -0.4 is 9.80 Å². The third-order valence-electron chi connectivity index (χ3n) is 11.6. The summed E-state index contributed by atoms with van der Waals surface area (Å²) in [5, 5.41) is 2.45. The quantitative estimate of drug-likeness (QED) is 0.178. The summed E-state index contributed by atoms with van der Waals surface area (Å²) in [5.74, 6) is 1.58. The van der Waals surface area contributed by atoms with Gasteiger partial charge >= 0.3 is 0 Å². The number of rotatable bonds is 7. The first-order valence-corrected chi connectivity index (χ1v) is 19.8. The van der Waals surface area contributed by atoms with Gasteiger partial charge in [-0.2, -0.15) is 0 Å². The smallest absolute Gasteiger partial charge is 0.146 e. The largest absolute Gasteiger partial charge is 0.355 e. The van der Waals surface area contributed by atoms with Gasteiger partial charge in [0, 0.05) is 34.6 Å². The highest BCUT2D eigenvalue weighted by atomic mass is 15.4. The Morgan fingerprint density at radius 2 is 1.18 bits per heavy atom. The van der Waals surface area contributed by atoms with E-state index >= 15 is 0 Å². The molecule has 7 aromatic carbocycles. The van der Waals surface area contributed by atoms with E-state index in [1.54, 1.807) is 0 Å². The standard InChI is InChI=1S/C51H45N5/c1-32(2)41-28-36(34-16-8-6-9-17-34)29-42(33(3)4)48(41)51-52-43-27-26-35(30-47(43)56(51)37-18-10-7-11-19-37)38-20-14-21-39-40-22-15-25-46(50(40)53-49(38)39)55-31-54(5)44-23-12-13-24-45(44)55/h6-30,32-33,53H,31H2,1-5H3. The van der Waals surface area contributed by atoms with Gasteiger partial charge in [0.15, 0.2) is 0 Å². The number of para-hydroxylation sites is 5. The van der Waals surface area contributed by atoms with E-state index in [1.165, 1.54) is 61.2 Å². The molecule has 0 saturated carbocycles. The van der Waals surface area contributed by atoms with Crippen molar-refractivity contribution in [3.05, 3.63) is 163 Å². The first-order chi connectivity index (χ1) is 27.4. The minimum absolute atomic E-state index is 0.296. The van der Waals surface area contributed by atoms with Gasteiger partial charge in [0.1, 0.15) is 5.82 Å². The van der Waals surface area contributed by atoms with E-state index < -0.39 is 0 Å². The molecule has 0 atom stereocenters. The zero-order chi connectivity index (χ0) is 38.1. The highest BCUT2D eigenvalue weighted by molar-refractivity contribution is 6.16. The molecule has 0 saturated heterocycles. The van der Waals surface area contributed by atoms with Crippen molar-refractivity contribution in [3.8, 4) is 39.3 Å². The molecule has 5 nitrogen and oxygen atoms in total. The summed E-state index contributed by atoms with van der Waals surface area (Å²) < 4.78 is 2.39. The third-order valence-corrected chi connectivity index (χ3v) is 11.6. The van der Waals surface area contributed by atoms with Gasteiger partial charge in [-0.3, -0.25) is 4.57 Å². The number of anilines is 3. The number of aromatic amines is 1. The number of hydrogen-bond donors (Lipinski definition) is 1. The Labute approximate surface area is 328 Å². The van der Waals surface area contributed by atoms with E-state index in [0.717, 1.165) is 45.8 Å². The van der Waals surface area contributed by atoms with E-state index in [9.17, 15) is 0 Å². The fourth-order valence-electron chi connectivity index (χ4n) is 8.89. The summed E-state index contributed by atoms with van der Waals surface area (Å²) in [5.41, 5.74) is 17.8. The molecule has 1 aliphatic heterocycles. The van der Waals surface area contributed by atoms with Crippen LogP contribution >= 0.6 is 0 Å². The van der Waals surface area contributed by atoms with Crippen molar-refractivity contribution in [1.29, 1.82) is 0 Å². The number of nitrogens with zero attached hydrogens (tertiary/aromatic N) is 4. The number of fused-ring (bicyclic) bond motifs is 5. The van der Waals surface area contributed by atoms with Gasteiger partial charge in [0.05, 0.1) is 45.8 Å². The molecule has 0 spiro atoms. The zero-order valence-electron chi connectivity index (χ0n) is 32.6. The molecular formula is C51H45N5. The van der Waals surface area contributed by atoms with Crippen LogP contribution in [0.1, 0.15) is 50.7 Å². The van der Waals surface area contributed by atoms with Crippen molar-refractivity contribution < 1.29 is 0 Å². The van der Waals surface area contributed by atoms with Crippen LogP contribution in [0.2, 0.25) is 0 Å². The highest BCUT2D eigenvalue weighted by Gasteiger charge is 2.27. The van der Waals surface area contributed by atoms with Crippen molar-refractivity contribution in [1.82, 2.24) is 14.5 Å². The predicted octanol–water partition coefficient (Wildman–Crippen LogP) is 13.5. The van der Waals surface area contributed by atoms with Crippen LogP contribution in [-0.2, 0) is 0 Å². The molecule has 0 aliphatic carbocycles. The van der Waals surface area contributed by atoms with E-state index in [-0.39, 0.29) is 0 Å². The number of hydrogen-bond acceptors (Lipinski definition) is 3. The first-order valence-electron chi connectivity index (χ1n) is 19.8. The lowest BCUT2D eigenvalue weighted by atomic mass is 9.85. The lowest BCUT2D eigenvalue weighted by molar-refractivity contribution is 0.833. The second-order valence-corrected chi connectivity index (χ2v) is 15.8. The maximum atomic E-state index is 5.51. The highest BCUT2D eigenvalue weighted by Crippen LogP contribution is 2.45. The van der Waals surface area contributed by atoms with Gasteiger partial charge in [-0.1, -0.05) is 137 Å². The second-order valence-electron chi connectivity index (χ2n) is 15.8. The second kappa shape index (κ2) is 13.3. The summed E-state index contributed by atoms with van der Waals surface area (Å²) in [6.07, 6.45) is 0.